The lowest BCUT2D eigenvalue weighted by Crippen LogP contribution is -1.97. The van der Waals surface area contributed by atoms with Crippen molar-refractivity contribution in [2.45, 2.75) is 6.92 Å². The first-order chi connectivity index (χ1) is 9.58. The Morgan fingerprint density at radius 2 is 2.10 bits per heavy atom. The topological polar surface area (TPSA) is 43.8 Å². The van der Waals surface area contributed by atoms with Crippen LogP contribution in [0, 0.1) is 6.92 Å². The zero-order chi connectivity index (χ0) is 14.3. The van der Waals surface area contributed by atoms with Gasteiger partial charge in [0.25, 0.3) is 0 Å². The van der Waals surface area contributed by atoms with Gasteiger partial charge in [-0.2, -0.15) is 5.10 Å². The third-order valence-electron chi connectivity index (χ3n) is 3.30. The summed E-state index contributed by atoms with van der Waals surface area (Å²) in [5.74, 6) is 0.666. The van der Waals surface area contributed by atoms with Crippen LogP contribution in [0.25, 0.3) is 21.7 Å². The second kappa shape index (κ2) is 4.96. The minimum Gasteiger partial charge on any atom is -0.383 e. The van der Waals surface area contributed by atoms with Gasteiger partial charge in [-0.25, -0.2) is 0 Å². The minimum atomic E-state index is 0.666. The summed E-state index contributed by atoms with van der Waals surface area (Å²) in [5.41, 5.74) is 10.1. The number of aryl methyl sites for hydroxylation is 2. The molecule has 2 N–H and O–H groups in total. The van der Waals surface area contributed by atoms with E-state index in [1.165, 1.54) is 0 Å². The number of benzene rings is 1. The molecule has 2 aromatic heterocycles. The monoisotopic (exact) mass is 303 g/mol. The van der Waals surface area contributed by atoms with Crippen molar-refractivity contribution in [1.82, 2.24) is 9.78 Å². The number of nitrogen functional groups attached to an aromatic ring is 1. The fourth-order valence-corrected chi connectivity index (χ4v) is 3.10. The van der Waals surface area contributed by atoms with Crippen LogP contribution in [0.3, 0.4) is 0 Å². The van der Waals surface area contributed by atoms with Gasteiger partial charge in [0.15, 0.2) is 0 Å². The average molecular weight is 304 g/mol. The van der Waals surface area contributed by atoms with Crippen LogP contribution in [0.5, 0.6) is 0 Å². The van der Waals surface area contributed by atoms with Gasteiger partial charge >= 0.3 is 0 Å². The van der Waals surface area contributed by atoms with Crippen molar-refractivity contribution >= 4 is 28.8 Å². The fourth-order valence-electron chi connectivity index (χ4n) is 2.14. The molecule has 0 spiro atoms. The van der Waals surface area contributed by atoms with E-state index in [-0.39, 0.29) is 0 Å². The summed E-state index contributed by atoms with van der Waals surface area (Å²) in [4.78, 5) is 1.11. The molecule has 3 aromatic rings. The maximum Gasteiger partial charge on any atom is 0.130 e. The molecule has 1 aromatic carbocycles. The lowest BCUT2D eigenvalue weighted by Gasteiger charge is -2.04. The lowest BCUT2D eigenvalue weighted by atomic mass is 10.0. The van der Waals surface area contributed by atoms with Gasteiger partial charge < -0.3 is 5.73 Å². The van der Waals surface area contributed by atoms with E-state index in [4.69, 9.17) is 17.3 Å². The molecular weight excluding hydrogens is 290 g/mol. The van der Waals surface area contributed by atoms with Gasteiger partial charge in [-0.15, -0.1) is 11.3 Å². The van der Waals surface area contributed by atoms with E-state index in [2.05, 4.69) is 11.2 Å². The Morgan fingerprint density at radius 3 is 2.75 bits per heavy atom. The van der Waals surface area contributed by atoms with E-state index in [1.807, 2.05) is 43.6 Å². The largest absolute Gasteiger partial charge is 0.383 e. The van der Waals surface area contributed by atoms with Gasteiger partial charge in [-0.1, -0.05) is 29.8 Å². The number of nitrogens with two attached hydrogens (primary N) is 1. The van der Waals surface area contributed by atoms with E-state index >= 15 is 0 Å². The smallest absolute Gasteiger partial charge is 0.130 e. The maximum absolute atomic E-state index is 6.22. The van der Waals surface area contributed by atoms with E-state index in [0.717, 1.165) is 32.3 Å². The number of nitrogens with zero attached hydrogens (tertiary/aromatic N) is 2. The van der Waals surface area contributed by atoms with Crippen molar-refractivity contribution in [1.29, 1.82) is 0 Å². The number of aromatic nitrogens is 2. The van der Waals surface area contributed by atoms with Gasteiger partial charge in [0.05, 0.1) is 5.56 Å². The van der Waals surface area contributed by atoms with Gasteiger partial charge in [0.1, 0.15) is 11.5 Å². The highest BCUT2D eigenvalue weighted by Gasteiger charge is 2.18. The maximum atomic E-state index is 6.22. The number of thiophene rings is 1. The van der Waals surface area contributed by atoms with Crippen LogP contribution in [0.4, 0.5) is 5.82 Å². The molecule has 0 amide bonds. The van der Waals surface area contributed by atoms with Crippen LogP contribution in [0.15, 0.2) is 35.7 Å². The van der Waals surface area contributed by atoms with Crippen molar-refractivity contribution in [2.24, 2.45) is 7.05 Å². The van der Waals surface area contributed by atoms with Crippen molar-refractivity contribution < 1.29 is 0 Å². The van der Waals surface area contributed by atoms with Crippen LogP contribution < -0.4 is 5.73 Å². The van der Waals surface area contributed by atoms with Crippen molar-refractivity contribution in [3.05, 3.63) is 46.3 Å². The molecule has 0 unspecified atom stereocenters. The predicted molar refractivity (Wildman–Crippen MR) is 86.1 cm³/mol. The molecule has 0 saturated carbocycles. The highest BCUT2D eigenvalue weighted by atomic mass is 35.5. The quantitative estimate of drug-likeness (QED) is 0.764. The molecule has 0 radical (unpaired) electrons. The zero-order valence-electron chi connectivity index (χ0n) is 11.2. The third-order valence-corrected chi connectivity index (χ3v) is 4.60. The van der Waals surface area contributed by atoms with Crippen molar-refractivity contribution in [3.63, 3.8) is 0 Å². The molecule has 3 rings (SSSR count). The summed E-state index contributed by atoms with van der Waals surface area (Å²) in [7, 11) is 1.85. The normalized spacial score (nSPS) is 10.9. The number of halogens is 1. The first kappa shape index (κ1) is 13.2. The van der Waals surface area contributed by atoms with Gasteiger partial charge in [-0.05, 0) is 30.0 Å². The number of anilines is 1. The average Bonchev–Trinajstić information content (AvgIpc) is 3.03. The second-order valence-electron chi connectivity index (χ2n) is 4.67. The molecule has 0 atom stereocenters. The predicted octanol–water partition coefficient (Wildman–Crippen LogP) is 4.36. The first-order valence-corrected chi connectivity index (χ1v) is 7.46. The number of hydrogen-bond acceptors (Lipinski definition) is 3. The summed E-state index contributed by atoms with van der Waals surface area (Å²) in [5, 5.41) is 7.32. The fraction of sp³-hybridized carbons (Fsp3) is 0.133. The van der Waals surface area contributed by atoms with Crippen LogP contribution in [-0.4, -0.2) is 9.78 Å². The number of hydrogen-bond donors (Lipinski definition) is 1. The van der Waals surface area contributed by atoms with E-state index in [0.29, 0.717) is 5.82 Å². The zero-order valence-corrected chi connectivity index (χ0v) is 12.8. The molecule has 5 heteroatoms. The molecule has 0 saturated heterocycles. The van der Waals surface area contributed by atoms with Gasteiger partial charge in [0.2, 0.25) is 0 Å². The van der Waals surface area contributed by atoms with E-state index < -0.39 is 0 Å². The molecule has 3 nitrogen and oxygen atoms in total. The minimum absolute atomic E-state index is 0.666. The van der Waals surface area contributed by atoms with Crippen LogP contribution in [0.2, 0.25) is 5.02 Å². The number of rotatable bonds is 2. The molecule has 0 aliphatic rings. The molecule has 2 heterocycles. The lowest BCUT2D eigenvalue weighted by molar-refractivity contribution is 0.782. The van der Waals surface area contributed by atoms with Crippen molar-refractivity contribution in [2.75, 3.05) is 5.73 Å². The Hall–Kier alpha value is -1.78. The van der Waals surface area contributed by atoms with Crippen LogP contribution >= 0.6 is 22.9 Å². The van der Waals surface area contributed by atoms with Crippen LogP contribution in [0.1, 0.15) is 5.56 Å². The van der Waals surface area contributed by atoms with E-state index in [9.17, 15) is 0 Å². The van der Waals surface area contributed by atoms with E-state index in [1.54, 1.807) is 16.0 Å². The highest BCUT2D eigenvalue weighted by molar-refractivity contribution is 7.13. The third kappa shape index (κ3) is 2.11. The second-order valence-corrected chi connectivity index (χ2v) is 6.03. The molecule has 0 aliphatic heterocycles. The van der Waals surface area contributed by atoms with Crippen LogP contribution in [-0.2, 0) is 7.05 Å². The Labute approximate surface area is 126 Å². The molecule has 0 aliphatic carbocycles. The SMILES string of the molecule is Cc1ccc(-c2nn(C)c(N)c2-c2cccs2)cc1Cl. The highest BCUT2D eigenvalue weighted by Crippen LogP contribution is 2.39. The van der Waals surface area contributed by atoms with Crippen molar-refractivity contribution in [3.8, 4) is 21.7 Å². The Bertz CT molecular complexity index is 760. The Morgan fingerprint density at radius 1 is 1.30 bits per heavy atom. The summed E-state index contributed by atoms with van der Waals surface area (Å²) >= 11 is 7.88. The van der Waals surface area contributed by atoms with Gasteiger partial charge in [0, 0.05) is 22.5 Å². The molecule has 0 bridgehead atoms. The summed E-state index contributed by atoms with van der Waals surface area (Å²) in [6.07, 6.45) is 0. The summed E-state index contributed by atoms with van der Waals surface area (Å²) in [6.45, 7) is 1.99. The molecule has 102 valence electrons. The van der Waals surface area contributed by atoms with Gasteiger partial charge in [-0.3, -0.25) is 4.68 Å². The Kier molecular flexibility index (Phi) is 3.28. The first-order valence-electron chi connectivity index (χ1n) is 6.21. The molecular formula is C15H14ClN3S. The summed E-state index contributed by atoms with van der Waals surface area (Å²) in [6, 6.07) is 10.0. The Balaban J connectivity index is 2.24. The molecule has 0 fully saturated rings. The molecule has 20 heavy (non-hydrogen) atoms. The standard InChI is InChI=1S/C15H14ClN3S/c1-9-5-6-10(8-11(9)16)14-13(12-4-3-7-20-12)15(17)19(2)18-14/h3-8H,17H2,1-2H3. The summed E-state index contributed by atoms with van der Waals surface area (Å²) < 4.78 is 1.71.